The Morgan fingerprint density at radius 1 is 1.47 bits per heavy atom. The highest BCUT2D eigenvalue weighted by Gasteiger charge is 2.18. The Hall–Kier alpha value is -1.10. The standard InChI is InChI=1S/C15H23NO3/c1-16(10-14-4-3-7-19-14)9-13-8-12(11-17)5-6-15(13)18-2/h5-6,8,14,17H,3-4,7,9-11H2,1-2H3. The van der Waals surface area contributed by atoms with Crippen LogP contribution < -0.4 is 4.74 Å². The minimum atomic E-state index is 0.0619. The predicted octanol–water partition coefficient (Wildman–Crippen LogP) is 1.80. The van der Waals surface area contributed by atoms with Gasteiger partial charge in [-0.25, -0.2) is 0 Å². The molecule has 0 saturated carbocycles. The summed E-state index contributed by atoms with van der Waals surface area (Å²) < 4.78 is 11.0. The van der Waals surface area contributed by atoms with E-state index in [0.717, 1.165) is 43.0 Å². The number of methoxy groups -OCH3 is 1. The molecule has 106 valence electrons. The van der Waals surface area contributed by atoms with Crippen molar-refractivity contribution in [1.82, 2.24) is 4.90 Å². The monoisotopic (exact) mass is 265 g/mol. The first-order chi connectivity index (χ1) is 9.22. The number of rotatable bonds is 6. The van der Waals surface area contributed by atoms with Gasteiger partial charge in [0.2, 0.25) is 0 Å². The molecule has 19 heavy (non-hydrogen) atoms. The summed E-state index contributed by atoms with van der Waals surface area (Å²) in [6.07, 6.45) is 2.68. The van der Waals surface area contributed by atoms with Gasteiger partial charge in [-0.3, -0.25) is 4.90 Å². The van der Waals surface area contributed by atoms with Crippen molar-refractivity contribution in [2.75, 3.05) is 27.3 Å². The summed E-state index contributed by atoms with van der Waals surface area (Å²) in [5, 5.41) is 9.22. The molecule has 1 fully saturated rings. The first-order valence-electron chi connectivity index (χ1n) is 6.79. The van der Waals surface area contributed by atoms with Crippen LogP contribution >= 0.6 is 0 Å². The molecule has 4 heteroatoms. The number of aliphatic hydroxyl groups excluding tert-OH is 1. The Morgan fingerprint density at radius 2 is 2.32 bits per heavy atom. The summed E-state index contributed by atoms with van der Waals surface area (Å²) in [5.41, 5.74) is 2.02. The molecule has 1 unspecified atom stereocenters. The fraction of sp³-hybridized carbons (Fsp3) is 0.600. The van der Waals surface area contributed by atoms with Crippen molar-refractivity contribution in [3.8, 4) is 5.75 Å². The highest BCUT2D eigenvalue weighted by atomic mass is 16.5. The van der Waals surface area contributed by atoms with Crippen LogP contribution in [0, 0.1) is 0 Å². The molecular formula is C15H23NO3. The summed E-state index contributed by atoms with van der Waals surface area (Å²) in [6, 6.07) is 5.81. The maximum Gasteiger partial charge on any atom is 0.123 e. The van der Waals surface area contributed by atoms with Gasteiger partial charge in [-0.2, -0.15) is 0 Å². The molecule has 1 aromatic carbocycles. The Kier molecular flexibility index (Phi) is 5.19. The molecule has 0 amide bonds. The molecule has 1 saturated heterocycles. The minimum Gasteiger partial charge on any atom is -0.496 e. The Balaban J connectivity index is 1.99. The van der Waals surface area contributed by atoms with Gasteiger partial charge >= 0.3 is 0 Å². The summed E-state index contributed by atoms with van der Waals surface area (Å²) in [7, 11) is 3.77. The quantitative estimate of drug-likeness (QED) is 0.851. The maximum absolute atomic E-state index is 9.22. The summed E-state index contributed by atoms with van der Waals surface area (Å²) in [6.45, 7) is 2.69. The van der Waals surface area contributed by atoms with Crippen LogP contribution in [0.4, 0.5) is 0 Å². The van der Waals surface area contributed by atoms with E-state index in [-0.39, 0.29) is 6.61 Å². The lowest BCUT2D eigenvalue weighted by Gasteiger charge is -2.21. The van der Waals surface area contributed by atoms with Crippen LogP contribution in [0.5, 0.6) is 5.75 Å². The molecule has 1 aliphatic rings. The number of hydrogen-bond donors (Lipinski definition) is 1. The molecule has 1 atom stereocenters. The highest BCUT2D eigenvalue weighted by molar-refractivity contribution is 5.37. The highest BCUT2D eigenvalue weighted by Crippen LogP contribution is 2.22. The SMILES string of the molecule is COc1ccc(CO)cc1CN(C)CC1CCCO1. The molecule has 0 spiro atoms. The van der Waals surface area contributed by atoms with Gasteiger partial charge in [-0.1, -0.05) is 6.07 Å². The van der Waals surface area contributed by atoms with E-state index in [0.29, 0.717) is 6.10 Å². The molecule has 1 N–H and O–H groups in total. The molecule has 4 nitrogen and oxygen atoms in total. The van der Waals surface area contributed by atoms with Gasteiger partial charge in [-0.15, -0.1) is 0 Å². The zero-order valence-corrected chi connectivity index (χ0v) is 11.8. The van der Waals surface area contributed by atoms with Gasteiger partial charge in [0.1, 0.15) is 5.75 Å². The van der Waals surface area contributed by atoms with E-state index in [1.54, 1.807) is 7.11 Å². The van der Waals surface area contributed by atoms with Gasteiger partial charge in [0.25, 0.3) is 0 Å². The van der Waals surface area contributed by atoms with Crippen molar-refractivity contribution in [3.05, 3.63) is 29.3 Å². The molecule has 1 heterocycles. The Morgan fingerprint density at radius 3 is 2.95 bits per heavy atom. The summed E-state index contributed by atoms with van der Waals surface area (Å²) in [5.74, 6) is 0.872. The van der Waals surface area contributed by atoms with Crippen molar-refractivity contribution in [3.63, 3.8) is 0 Å². The van der Waals surface area contributed by atoms with E-state index in [1.807, 2.05) is 18.2 Å². The van der Waals surface area contributed by atoms with Crippen molar-refractivity contribution >= 4 is 0 Å². The molecular weight excluding hydrogens is 242 g/mol. The van der Waals surface area contributed by atoms with Gasteiger partial charge < -0.3 is 14.6 Å². The first kappa shape index (κ1) is 14.3. The van der Waals surface area contributed by atoms with E-state index in [9.17, 15) is 5.11 Å². The maximum atomic E-state index is 9.22. The zero-order valence-electron chi connectivity index (χ0n) is 11.8. The van der Waals surface area contributed by atoms with Gasteiger partial charge in [0.15, 0.2) is 0 Å². The van der Waals surface area contributed by atoms with Crippen molar-refractivity contribution in [2.24, 2.45) is 0 Å². The minimum absolute atomic E-state index is 0.0619. The van der Waals surface area contributed by atoms with Gasteiger partial charge in [-0.05, 0) is 37.6 Å². The average molecular weight is 265 g/mol. The van der Waals surface area contributed by atoms with Gasteiger partial charge in [0, 0.05) is 25.3 Å². The second-order valence-corrected chi connectivity index (χ2v) is 5.14. The van der Waals surface area contributed by atoms with Crippen LogP contribution in [0.25, 0.3) is 0 Å². The van der Waals surface area contributed by atoms with Crippen molar-refractivity contribution in [2.45, 2.75) is 32.1 Å². The first-order valence-corrected chi connectivity index (χ1v) is 6.79. The molecule has 0 radical (unpaired) electrons. The second kappa shape index (κ2) is 6.89. The molecule has 0 aliphatic carbocycles. The number of hydrogen-bond acceptors (Lipinski definition) is 4. The van der Waals surface area contributed by atoms with Crippen molar-refractivity contribution in [1.29, 1.82) is 0 Å². The number of benzene rings is 1. The van der Waals surface area contributed by atoms with E-state index >= 15 is 0 Å². The van der Waals surface area contributed by atoms with E-state index in [1.165, 1.54) is 6.42 Å². The van der Waals surface area contributed by atoms with Crippen LogP contribution in [0.1, 0.15) is 24.0 Å². The van der Waals surface area contributed by atoms with Gasteiger partial charge in [0.05, 0.1) is 19.8 Å². The van der Waals surface area contributed by atoms with Crippen LogP contribution in [-0.4, -0.2) is 43.4 Å². The topological polar surface area (TPSA) is 41.9 Å². The van der Waals surface area contributed by atoms with Crippen LogP contribution in [0.3, 0.4) is 0 Å². The van der Waals surface area contributed by atoms with Crippen LogP contribution in [-0.2, 0) is 17.9 Å². The zero-order chi connectivity index (χ0) is 13.7. The third kappa shape index (κ3) is 3.93. The van der Waals surface area contributed by atoms with Crippen LogP contribution in [0.15, 0.2) is 18.2 Å². The molecule has 1 aliphatic heterocycles. The Labute approximate surface area is 114 Å². The normalized spacial score (nSPS) is 19.1. The lowest BCUT2D eigenvalue weighted by atomic mass is 10.1. The van der Waals surface area contributed by atoms with E-state index in [4.69, 9.17) is 9.47 Å². The smallest absolute Gasteiger partial charge is 0.123 e. The summed E-state index contributed by atoms with van der Waals surface area (Å²) in [4.78, 5) is 2.25. The Bertz CT molecular complexity index is 402. The lowest BCUT2D eigenvalue weighted by molar-refractivity contribution is 0.0791. The van der Waals surface area contributed by atoms with E-state index < -0.39 is 0 Å². The third-order valence-electron chi connectivity index (χ3n) is 3.51. The predicted molar refractivity (Wildman–Crippen MR) is 74.2 cm³/mol. The fourth-order valence-corrected chi connectivity index (χ4v) is 2.55. The number of ether oxygens (including phenoxy) is 2. The second-order valence-electron chi connectivity index (χ2n) is 5.14. The third-order valence-corrected chi connectivity index (χ3v) is 3.51. The number of aliphatic hydroxyl groups is 1. The fourth-order valence-electron chi connectivity index (χ4n) is 2.55. The molecule has 0 aromatic heterocycles. The molecule has 2 rings (SSSR count). The average Bonchev–Trinajstić information content (AvgIpc) is 2.91. The summed E-state index contributed by atoms with van der Waals surface area (Å²) >= 11 is 0. The largest absolute Gasteiger partial charge is 0.496 e. The van der Waals surface area contributed by atoms with Crippen molar-refractivity contribution < 1.29 is 14.6 Å². The van der Waals surface area contributed by atoms with E-state index in [2.05, 4.69) is 11.9 Å². The lowest BCUT2D eigenvalue weighted by Crippen LogP contribution is -2.28. The van der Waals surface area contributed by atoms with Crippen LogP contribution in [0.2, 0.25) is 0 Å². The molecule has 0 bridgehead atoms. The molecule has 1 aromatic rings. The number of nitrogens with zero attached hydrogens (tertiary/aromatic N) is 1. The number of likely N-dealkylation sites (N-methyl/N-ethyl adjacent to an activating group) is 1.